The van der Waals surface area contributed by atoms with E-state index in [-0.39, 0.29) is 5.91 Å². The molecule has 0 atom stereocenters. The summed E-state index contributed by atoms with van der Waals surface area (Å²) in [6.45, 7) is 0. The zero-order chi connectivity index (χ0) is 18.5. The summed E-state index contributed by atoms with van der Waals surface area (Å²) >= 11 is 1.73. The van der Waals surface area contributed by atoms with Gasteiger partial charge in [-0.25, -0.2) is 9.67 Å². The molecule has 0 spiro atoms. The number of thiazole rings is 1. The molecule has 0 aliphatic carbocycles. The molecule has 0 radical (unpaired) electrons. The second-order valence-electron chi connectivity index (χ2n) is 6.14. The van der Waals surface area contributed by atoms with Gasteiger partial charge in [0.2, 0.25) is 5.91 Å². The van der Waals surface area contributed by atoms with E-state index in [2.05, 4.69) is 31.9 Å². The van der Waals surface area contributed by atoms with Crippen LogP contribution in [0.1, 0.15) is 24.3 Å². The van der Waals surface area contributed by atoms with Crippen LogP contribution in [0.2, 0.25) is 0 Å². The number of amides is 1. The molecule has 4 rings (SSSR count). The third-order valence-corrected chi connectivity index (χ3v) is 5.22. The highest BCUT2D eigenvalue weighted by Gasteiger charge is 2.06. The molecule has 2 aromatic heterocycles. The van der Waals surface area contributed by atoms with E-state index in [0.717, 1.165) is 41.2 Å². The van der Waals surface area contributed by atoms with Crippen molar-refractivity contribution in [3.8, 4) is 5.69 Å². The minimum absolute atomic E-state index is 0.00756. The first kappa shape index (κ1) is 17.3. The Morgan fingerprint density at radius 2 is 2.04 bits per heavy atom. The highest BCUT2D eigenvalue weighted by atomic mass is 32.1. The van der Waals surface area contributed by atoms with E-state index < -0.39 is 0 Å². The van der Waals surface area contributed by atoms with Crippen LogP contribution in [0.3, 0.4) is 0 Å². The molecule has 136 valence electrons. The summed E-state index contributed by atoms with van der Waals surface area (Å²) in [6, 6.07) is 15.6. The van der Waals surface area contributed by atoms with Gasteiger partial charge in [-0.3, -0.25) is 4.79 Å². The average molecular weight is 378 g/mol. The van der Waals surface area contributed by atoms with Crippen LogP contribution < -0.4 is 5.32 Å². The number of carbonyl (C=O) groups excluding carboxylic acids is 1. The molecule has 4 aromatic rings. The Hall–Kier alpha value is -3.13. The predicted octanol–water partition coefficient (Wildman–Crippen LogP) is 3.62. The molecule has 0 bridgehead atoms. The van der Waals surface area contributed by atoms with Gasteiger partial charge >= 0.3 is 0 Å². The minimum Gasteiger partial charge on any atom is -0.326 e. The van der Waals surface area contributed by atoms with E-state index >= 15 is 0 Å². The maximum Gasteiger partial charge on any atom is 0.224 e. The molecule has 0 unspecified atom stereocenters. The van der Waals surface area contributed by atoms with Gasteiger partial charge in [0.25, 0.3) is 0 Å². The number of nitrogens with zero attached hydrogens (tertiary/aromatic N) is 5. The molecule has 8 heteroatoms. The molecule has 0 fully saturated rings. The van der Waals surface area contributed by atoms with Crippen LogP contribution in [0.4, 0.5) is 5.69 Å². The smallest absolute Gasteiger partial charge is 0.224 e. The second-order valence-corrected chi connectivity index (χ2v) is 7.25. The lowest BCUT2D eigenvalue weighted by Gasteiger charge is -2.07. The molecular formula is C19H18N6OS. The molecule has 2 aromatic carbocycles. The van der Waals surface area contributed by atoms with Crippen molar-refractivity contribution < 1.29 is 4.79 Å². The van der Waals surface area contributed by atoms with Gasteiger partial charge in [0.05, 0.1) is 20.9 Å². The summed E-state index contributed by atoms with van der Waals surface area (Å²) < 4.78 is 2.76. The maximum absolute atomic E-state index is 12.2. The quantitative estimate of drug-likeness (QED) is 0.496. The van der Waals surface area contributed by atoms with E-state index in [1.165, 1.54) is 11.0 Å². The molecule has 0 saturated heterocycles. The van der Waals surface area contributed by atoms with Gasteiger partial charge in [0, 0.05) is 12.1 Å². The normalized spacial score (nSPS) is 11.0. The molecule has 27 heavy (non-hydrogen) atoms. The fourth-order valence-corrected chi connectivity index (χ4v) is 3.83. The van der Waals surface area contributed by atoms with E-state index in [4.69, 9.17) is 0 Å². The third-order valence-electron chi connectivity index (χ3n) is 4.13. The Bertz CT molecular complexity index is 1010. The first-order valence-electron chi connectivity index (χ1n) is 8.76. The number of carbonyl (C=O) groups is 1. The number of rotatable bonds is 7. The van der Waals surface area contributed by atoms with E-state index in [9.17, 15) is 4.79 Å². The number of benzene rings is 2. The monoisotopic (exact) mass is 378 g/mol. The van der Waals surface area contributed by atoms with Crippen LogP contribution in [0.25, 0.3) is 15.9 Å². The van der Waals surface area contributed by atoms with E-state index in [1.54, 1.807) is 16.0 Å². The van der Waals surface area contributed by atoms with Crippen LogP contribution in [0, 0.1) is 0 Å². The maximum atomic E-state index is 12.2. The van der Waals surface area contributed by atoms with Crippen molar-refractivity contribution in [2.45, 2.75) is 25.7 Å². The largest absolute Gasteiger partial charge is 0.326 e. The summed E-state index contributed by atoms with van der Waals surface area (Å²) in [5.74, 6) is 0.00756. The van der Waals surface area contributed by atoms with Crippen LogP contribution >= 0.6 is 11.3 Å². The minimum atomic E-state index is 0.00756. The third kappa shape index (κ3) is 4.35. The van der Waals surface area contributed by atoms with Crippen molar-refractivity contribution in [3.05, 3.63) is 59.9 Å². The zero-order valence-electron chi connectivity index (χ0n) is 14.6. The fourth-order valence-electron chi connectivity index (χ4n) is 2.82. The van der Waals surface area contributed by atoms with Gasteiger partial charge in [-0.2, -0.15) is 0 Å². The van der Waals surface area contributed by atoms with E-state index in [1.807, 2.05) is 42.5 Å². The van der Waals surface area contributed by atoms with Crippen molar-refractivity contribution in [2.75, 3.05) is 5.32 Å². The summed E-state index contributed by atoms with van der Waals surface area (Å²) in [4.78, 5) is 16.8. The van der Waals surface area contributed by atoms with Gasteiger partial charge in [-0.05, 0) is 60.0 Å². The molecule has 0 aliphatic heterocycles. The second kappa shape index (κ2) is 8.05. The van der Waals surface area contributed by atoms with Gasteiger partial charge < -0.3 is 5.32 Å². The average Bonchev–Trinajstić information content (AvgIpc) is 3.35. The first-order valence-corrected chi connectivity index (χ1v) is 9.57. The number of nitrogens with one attached hydrogen (secondary N) is 1. The van der Waals surface area contributed by atoms with Crippen LogP contribution in [0.15, 0.2) is 54.9 Å². The van der Waals surface area contributed by atoms with Gasteiger partial charge in [0.15, 0.2) is 0 Å². The molecule has 1 N–H and O–H groups in total. The SMILES string of the molecule is O=C(CCCCc1nc2ccccc2s1)Nc1cccc(-n2cnnn2)c1. The number of unbranched alkanes of at least 4 members (excludes halogenated alkanes) is 1. The molecular weight excluding hydrogens is 360 g/mol. The van der Waals surface area contributed by atoms with Gasteiger partial charge in [-0.1, -0.05) is 18.2 Å². The van der Waals surface area contributed by atoms with E-state index in [0.29, 0.717) is 6.42 Å². The molecule has 0 saturated carbocycles. The Balaban J connectivity index is 1.25. The van der Waals surface area contributed by atoms with Gasteiger partial charge in [0.1, 0.15) is 6.33 Å². The zero-order valence-corrected chi connectivity index (χ0v) is 15.4. The van der Waals surface area contributed by atoms with Gasteiger partial charge in [-0.15, -0.1) is 16.4 Å². The van der Waals surface area contributed by atoms with Crippen molar-refractivity contribution in [2.24, 2.45) is 0 Å². The summed E-state index contributed by atoms with van der Waals surface area (Å²) in [6.07, 6.45) is 4.68. The number of anilines is 1. The van der Waals surface area contributed by atoms with Crippen molar-refractivity contribution in [3.63, 3.8) is 0 Å². The Morgan fingerprint density at radius 1 is 1.11 bits per heavy atom. The van der Waals surface area contributed by atoms with Crippen LogP contribution in [-0.4, -0.2) is 31.1 Å². The lowest BCUT2D eigenvalue weighted by atomic mass is 10.2. The highest BCUT2D eigenvalue weighted by Crippen LogP contribution is 2.23. The lowest BCUT2D eigenvalue weighted by molar-refractivity contribution is -0.116. The lowest BCUT2D eigenvalue weighted by Crippen LogP contribution is -2.11. The number of aromatic nitrogens is 5. The number of hydrogen-bond donors (Lipinski definition) is 1. The number of para-hydroxylation sites is 1. The topological polar surface area (TPSA) is 85.6 Å². The summed E-state index contributed by atoms with van der Waals surface area (Å²) in [5, 5.41) is 15.1. The molecule has 0 aliphatic rings. The van der Waals surface area contributed by atoms with Crippen LogP contribution in [0.5, 0.6) is 0 Å². The van der Waals surface area contributed by atoms with Crippen LogP contribution in [-0.2, 0) is 11.2 Å². The number of aryl methyl sites for hydroxylation is 1. The number of hydrogen-bond acceptors (Lipinski definition) is 6. The van der Waals surface area contributed by atoms with Crippen molar-refractivity contribution in [1.29, 1.82) is 0 Å². The van der Waals surface area contributed by atoms with Crippen molar-refractivity contribution >= 4 is 33.1 Å². The fraction of sp³-hybridized carbons (Fsp3) is 0.211. The molecule has 7 nitrogen and oxygen atoms in total. The molecule has 2 heterocycles. The summed E-state index contributed by atoms with van der Waals surface area (Å²) in [7, 11) is 0. The first-order chi connectivity index (χ1) is 13.3. The number of fused-ring (bicyclic) bond motifs is 1. The standard InChI is InChI=1S/C19H18N6OS/c26-18(21-14-6-5-7-15(12-14)25-13-20-23-24-25)10-3-4-11-19-22-16-8-1-2-9-17(16)27-19/h1-2,5-9,12-13H,3-4,10-11H2,(H,21,26). The Kier molecular flexibility index (Phi) is 5.15. The Labute approximate surface area is 160 Å². The number of tetrazole rings is 1. The summed E-state index contributed by atoms with van der Waals surface area (Å²) in [5.41, 5.74) is 2.59. The molecule has 1 amide bonds. The predicted molar refractivity (Wildman–Crippen MR) is 105 cm³/mol. The highest BCUT2D eigenvalue weighted by molar-refractivity contribution is 7.18. The van der Waals surface area contributed by atoms with Crippen molar-refractivity contribution in [1.82, 2.24) is 25.2 Å². The Morgan fingerprint density at radius 3 is 2.89 bits per heavy atom.